The molecule has 4 unspecified atom stereocenters. The second-order valence-electron chi connectivity index (χ2n) is 9.01. The van der Waals surface area contributed by atoms with E-state index in [1.165, 1.54) is 50.5 Å². The average molecular weight is 363 g/mol. The van der Waals surface area contributed by atoms with Crippen LogP contribution in [-0.2, 0) is 6.42 Å². The molecule has 0 aliphatic heterocycles. The Morgan fingerprint density at radius 3 is 2.04 bits per heavy atom. The average Bonchev–Trinajstić information content (AvgIpc) is 2.67. The fourth-order valence-electron chi connectivity index (χ4n) is 5.17. The van der Waals surface area contributed by atoms with E-state index in [-0.39, 0.29) is 11.8 Å². The smallest absolute Gasteiger partial charge is 0.138 e. The van der Waals surface area contributed by atoms with Gasteiger partial charge in [-0.05, 0) is 54.6 Å². The SMILES string of the molecule is CCCC1CCC(CCc2ccc(C3CCC(C)C(F)C3F)cc2)CC1. The largest absolute Gasteiger partial charge is 0.244 e. The summed E-state index contributed by atoms with van der Waals surface area (Å²) in [6.07, 6.45) is 9.65. The van der Waals surface area contributed by atoms with Gasteiger partial charge in [0.05, 0.1) is 0 Å². The van der Waals surface area contributed by atoms with Crippen molar-refractivity contribution in [1.29, 1.82) is 0 Å². The predicted octanol–water partition coefficient (Wildman–Crippen LogP) is 7.42. The van der Waals surface area contributed by atoms with Crippen molar-refractivity contribution in [3.8, 4) is 0 Å². The lowest BCUT2D eigenvalue weighted by Gasteiger charge is -2.33. The van der Waals surface area contributed by atoms with Crippen LogP contribution in [0.1, 0.15) is 88.7 Å². The van der Waals surface area contributed by atoms with Crippen molar-refractivity contribution in [3.63, 3.8) is 0 Å². The van der Waals surface area contributed by atoms with Crippen LogP contribution in [0.3, 0.4) is 0 Å². The third-order valence-corrected chi connectivity index (χ3v) is 7.08. The molecule has 2 fully saturated rings. The fraction of sp³-hybridized carbons (Fsp3) is 0.750. The van der Waals surface area contributed by atoms with Crippen LogP contribution in [0, 0.1) is 17.8 Å². The Labute approximate surface area is 158 Å². The molecule has 1 aromatic carbocycles. The summed E-state index contributed by atoms with van der Waals surface area (Å²) in [6.45, 7) is 4.12. The first-order chi connectivity index (χ1) is 12.6. The van der Waals surface area contributed by atoms with Crippen molar-refractivity contribution in [2.75, 3.05) is 0 Å². The molecule has 0 bridgehead atoms. The van der Waals surface area contributed by atoms with Crippen LogP contribution in [0.15, 0.2) is 24.3 Å². The van der Waals surface area contributed by atoms with E-state index in [2.05, 4.69) is 19.1 Å². The molecule has 2 heteroatoms. The Balaban J connectivity index is 1.48. The third kappa shape index (κ3) is 4.87. The molecule has 0 heterocycles. The van der Waals surface area contributed by atoms with Crippen molar-refractivity contribution in [1.82, 2.24) is 0 Å². The zero-order valence-corrected chi connectivity index (χ0v) is 16.6. The lowest BCUT2D eigenvalue weighted by molar-refractivity contribution is 0.0573. The molecule has 2 saturated carbocycles. The summed E-state index contributed by atoms with van der Waals surface area (Å²) in [4.78, 5) is 0. The molecule has 1 aromatic rings. The van der Waals surface area contributed by atoms with E-state index in [9.17, 15) is 8.78 Å². The maximum atomic E-state index is 14.4. The molecule has 0 N–H and O–H groups in total. The van der Waals surface area contributed by atoms with Crippen molar-refractivity contribution in [2.45, 2.75) is 96.3 Å². The molecule has 3 rings (SSSR count). The van der Waals surface area contributed by atoms with Crippen LogP contribution in [0.4, 0.5) is 8.78 Å². The number of hydrogen-bond donors (Lipinski definition) is 0. The van der Waals surface area contributed by atoms with Crippen LogP contribution in [0.2, 0.25) is 0 Å². The fourth-order valence-corrected chi connectivity index (χ4v) is 5.17. The molecule has 0 saturated heterocycles. The summed E-state index contributed by atoms with van der Waals surface area (Å²) in [6, 6.07) is 8.40. The molecule has 0 spiro atoms. The Morgan fingerprint density at radius 2 is 1.42 bits per heavy atom. The van der Waals surface area contributed by atoms with Crippen LogP contribution in [-0.4, -0.2) is 12.3 Å². The van der Waals surface area contributed by atoms with Crippen LogP contribution in [0.25, 0.3) is 0 Å². The number of hydrogen-bond acceptors (Lipinski definition) is 0. The van der Waals surface area contributed by atoms with Crippen molar-refractivity contribution >= 4 is 0 Å². The Morgan fingerprint density at radius 1 is 0.808 bits per heavy atom. The minimum atomic E-state index is -1.34. The number of aryl methyl sites for hydroxylation is 1. The molecular weight excluding hydrogens is 326 g/mol. The zero-order valence-electron chi connectivity index (χ0n) is 16.6. The Bertz CT molecular complexity index is 530. The molecular formula is C24H36F2. The first-order valence-corrected chi connectivity index (χ1v) is 11.0. The second-order valence-corrected chi connectivity index (χ2v) is 9.01. The molecule has 4 atom stereocenters. The van der Waals surface area contributed by atoms with Crippen molar-refractivity contribution in [2.24, 2.45) is 17.8 Å². The lowest BCUT2D eigenvalue weighted by atomic mass is 9.76. The number of halogens is 2. The van der Waals surface area contributed by atoms with Gasteiger partial charge in [0, 0.05) is 5.92 Å². The molecule has 146 valence electrons. The summed E-state index contributed by atoms with van der Waals surface area (Å²) < 4.78 is 28.4. The minimum Gasteiger partial charge on any atom is -0.244 e. The summed E-state index contributed by atoms with van der Waals surface area (Å²) in [7, 11) is 0. The Kier molecular flexibility index (Phi) is 7.12. The van der Waals surface area contributed by atoms with E-state index >= 15 is 0 Å². The molecule has 2 aliphatic carbocycles. The topological polar surface area (TPSA) is 0 Å². The molecule has 26 heavy (non-hydrogen) atoms. The van der Waals surface area contributed by atoms with Gasteiger partial charge < -0.3 is 0 Å². The quantitative estimate of drug-likeness (QED) is 0.494. The number of rotatable bonds is 6. The summed E-state index contributed by atoms with van der Waals surface area (Å²) >= 11 is 0. The molecule has 0 aromatic heterocycles. The van der Waals surface area contributed by atoms with Gasteiger partial charge >= 0.3 is 0 Å². The van der Waals surface area contributed by atoms with Crippen molar-refractivity contribution in [3.05, 3.63) is 35.4 Å². The van der Waals surface area contributed by atoms with Gasteiger partial charge in [-0.15, -0.1) is 0 Å². The maximum absolute atomic E-state index is 14.4. The standard InChI is InChI=1S/C24H36F2/c1-3-4-18-6-8-19(9-7-18)10-11-20-12-14-21(15-13-20)22-16-5-17(2)23(25)24(22)26/h12-15,17-19,22-24H,3-11,16H2,1-2H3. The van der Waals surface area contributed by atoms with Crippen LogP contribution in [0.5, 0.6) is 0 Å². The highest BCUT2D eigenvalue weighted by atomic mass is 19.2. The van der Waals surface area contributed by atoms with Crippen LogP contribution < -0.4 is 0 Å². The molecule has 0 radical (unpaired) electrons. The summed E-state index contributed by atoms with van der Waals surface area (Å²) in [5.74, 6) is 1.45. The first kappa shape index (κ1) is 19.8. The second kappa shape index (κ2) is 9.33. The van der Waals surface area contributed by atoms with Gasteiger partial charge in [-0.2, -0.15) is 0 Å². The zero-order chi connectivity index (χ0) is 18.5. The van der Waals surface area contributed by atoms with E-state index in [1.807, 2.05) is 19.1 Å². The maximum Gasteiger partial charge on any atom is 0.138 e. The van der Waals surface area contributed by atoms with E-state index in [0.717, 1.165) is 36.7 Å². The van der Waals surface area contributed by atoms with E-state index in [0.29, 0.717) is 0 Å². The highest BCUT2D eigenvalue weighted by Crippen LogP contribution is 2.40. The van der Waals surface area contributed by atoms with Gasteiger partial charge in [-0.1, -0.05) is 76.6 Å². The van der Waals surface area contributed by atoms with E-state index in [4.69, 9.17) is 0 Å². The molecule has 2 aliphatic rings. The predicted molar refractivity (Wildman–Crippen MR) is 106 cm³/mol. The normalized spacial score (nSPS) is 35.4. The lowest BCUT2D eigenvalue weighted by Crippen LogP contribution is -2.35. The molecule has 0 amide bonds. The monoisotopic (exact) mass is 362 g/mol. The first-order valence-electron chi connectivity index (χ1n) is 11.0. The third-order valence-electron chi connectivity index (χ3n) is 7.08. The number of benzene rings is 1. The van der Waals surface area contributed by atoms with Gasteiger partial charge in [-0.3, -0.25) is 0 Å². The number of alkyl halides is 2. The minimum absolute atomic E-state index is 0.145. The summed E-state index contributed by atoms with van der Waals surface area (Å²) in [5.41, 5.74) is 2.33. The Hall–Kier alpha value is -0.920. The summed E-state index contributed by atoms with van der Waals surface area (Å²) in [5, 5.41) is 0. The van der Waals surface area contributed by atoms with Gasteiger partial charge in [0.25, 0.3) is 0 Å². The van der Waals surface area contributed by atoms with E-state index < -0.39 is 12.3 Å². The highest BCUT2D eigenvalue weighted by molar-refractivity contribution is 5.27. The molecule has 0 nitrogen and oxygen atoms in total. The highest BCUT2D eigenvalue weighted by Gasteiger charge is 2.38. The van der Waals surface area contributed by atoms with Crippen molar-refractivity contribution < 1.29 is 8.78 Å². The van der Waals surface area contributed by atoms with Gasteiger partial charge in [0.1, 0.15) is 12.3 Å². The van der Waals surface area contributed by atoms with Gasteiger partial charge in [-0.25, -0.2) is 8.78 Å². The van der Waals surface area contributed by atoms with Crippen LogP contribution >= 0.6 is 0 Å². The van der Waals surface area contributed by atoms with Gasteiger partial charge in [0.2, 0.25) is 0 Å². The van der Waals surface area contributed by atoms with Gasteiger partial charge in [0.15, 0.2) is 0 Å². The van der Waals surface area contributed by atoms with E-state index in [1.54, 1.807) is 0 Å².